The van der Waals surface area contributed by atoms with Crippen LogP contribution >= 0.6 is 11.3 Å². The van der Waals surface area contributed by atoms with E-state index in [0.29, 0.717) is 12.5 Å². The Morgan fingerprint density at radius 3 is 2.85 bits per heavy atom. The van der Waals surface area contributed by atoms with Crippen molar-refractivity contribution in [3.05, 3.63) is 46.7 Å². The van der Waals surface area contributed by atoms with Crippen molar-refractivity contribution in [3.8, 4) is 5.75 Å². The van der Waals surface area contributed by atoms with E-state index in [9.17, 15) is 9.59 Å². The van der Waals surface area contributed by atoms with E-state index >= 15 is 0 Å². The summed E-state index contributed by atoms with van der Waals surface area (Å²) >= 11 is 1.42. The molecule has 1 aliphatic rings. The van der Waals surface area contributed by atoms with Crippen LogP contribution in [0.15, 0.2) is 41.8 Å². The summed E-state index contributed by atoms with van der Waals surface area (Å²) in [4.78, 5) is 27.0. The van der Waals surface area contributed by atoms with Crippen LogP contribution in [0.2, 0.25) is 0 Å². The molecule has 0 radical (unpaired) electrons. The van der Waals surface area contributed by atoms with Crippen LogP contribution in [-0.2, 0) is 4.79 Å². The number of anilines is 1. The van der Waals surface area contributed by atoms with Crippen molar-refractivity contribution >= 4 is 28.7 Å². The molecule has 6 heteroatoms. The lowest BCUT2D eigenvalue weighted by Crippen LogP contribution is -2.31. The number of rotatable bonds is 8. The van der Waals surface area contributed by atoms with E-state index in [-0.39, 0.29) is 24.5 Å². The number of benzene rings is 1. The molecule has 1 saturated heterocycles. The predicted octanol–water partition coefficient (Wildman–Crippen LogP) is 3.36. The molecule has 1 aromatic heterocycles. The first-order valence-electron chi connectivity index (χ1n) is 8.88. The molecular formula is C20H24N2O3S. The van der Waals surface area contributed by atoms with Crippen LogP contribution in [0.4, 0.5) is 5.69 Å². The first-order chi connectivity index (χ1) is 12.7. The van der Waals surface area contributed by atoms with Crippen molar-refractivity contribution in [2.24, 2.45) is 5.92 Å². The van der Waals surface area contributed by atoms with Crippen LogP contribution in [0.5, 0.6) is 5.75 Å². The molecule has 0 unspecified atom stereocenters. The number of carbonyl (C=O) groups is 2. The highest BCUT2D eigenvalue weighted by Gasteiger charge is 2.24. The second kappa shape index (κ2) is 8.85. The molecule has 3 rings (SSSR count). The normalized spacial score (nSPS) is 16.5. The molecule has 0 saturated carbocycles. The monoisotopic (exact) mass is 372 g/mol. The molecule has 1 amide bonds. The van der Waals surface area contributed by atoms with Crippen LogP contribution < -0.4 is 15.0 Å². The lowest BCUT2D eigenvalue weighted by molar-refractivity contribution is -0.121. The van der Waals surface area contributed by atoms with Crippen molar-refractivity contribution in [1.29, 1.82) is 0 Å². The Kier molecular flexibility index (Phi) is 6.28. The Labute approximate surface area is 158 Å². The highest BCUT2D eigenvalue weighted by Crippen LogP contribution is 2.31. The summed E-state index contributed by atoms with van der Waals surface area (Å²) in [6.07, 6.45) is 1.55. The lowest BCUT2D eigenvalue weighted by atomic mass is 10.1. The van der Waals surface area contributed by atoms with Gasteiger partial charge in [-0.3, -0.25) is 9.59 Å². The van der Waals surface area contributed by atoms with E-state index in [1.807, 2.05) is 29.6 Å². The van der Waals surface area contributed by atoms with Gasteiger partial charge in [0.2, 0.25) is 5.91 Å². The summed E-state index contributed by atoms with van der Waals surface area (Å²) in [6.45, 7) is 2.50. The van der Waals surface area contributed by atoms with Crippen LogP contribution in [0.1, 0.15) is 28.9 Å². The SMILES string of the molecule is COc1ccccc1N1CC[C@H](CNC(=O)CCC(=O)c2cccs2)C1. The number of methoxy groups -OCH3 is 1. The molecule has 0 aliphatic carbocycles. The number of ether oxygens (including phenoxy) is 1. The number of carbonyl (C=O) groups excluding carboxylic acids is 2. The Bertz CT molecular complexity index is 745. The number of hydrogen-bond donors (Lipinski definition) is 1. The third-order valence-electron chi connectivity index (χ3n) is 4.67. The Balaban J connectivity index is 1.41. The van der Waals surface area contributed by atoms with E-state index in [0.717, 1.165) is 35.8 Å². The average molecular weight is 372 g/mol. The summed E-state index contributed by atoms with van der Waals surface area (Å²) in [5, 5.41) is 4.86. The van der Waals surface area contributed by atoms with Gasteiger partial charge in [0.05, 0.1) is 17.7 Å². The zero-order valence-electron chi connectivity index (χ0n) is 14.9. The van der Waals surface area contributed by atoms with Gasteiger partial charge in [-0.05, 0) is 35.9 Å². The number of amides is 1. The standard InChI is InChI=1S/C20H24N2O3S/c1-25-18-6-3-2-5-16(18)22-11-10-15(14-22)13-21-20(24)9-8-17(23)19-7-4-12-26-19/h2-7,12,15H,8-11,13-14H2,1H3,(H,21,24)/t15-/m1/s1. The number of nitrogens with zero attached hydrogens (tertiary/aromatic N) is 1. The zero-order chi connectivity index (χ0) is 18.4. The van der Waals surface area contributed by atoms with Crippen LogP contribution in [-0.4, -0.2) is 38.4 Å². The van der Waals surface area contributed by atoms with Gasteiger partial charge in [0.25, 0.3) is 0 Å². The summed E-state index contributed by atoms with van der Waals surface area (Å²) in [6, 6.07) is 11.7. The first kappa shape index (κ1) is 18.5. The minimum absolute atomic E-state index is 0.0402. The maximum atomic E-state index is 12.0. The van der Waals surface area contributed by atoms with E-state index in [4.69, 9.17) is 4.74 Å². The zero-order valence-corrected chi connectivity index (χ0v) is 15.8. The van der Waals surface area contributed by atoms with Gasteiger partial charge in [-0.15, -0.1) is 11.3 Å². The summed E-state index contributed by atoms with van der Waals surface area (Å²) in [7, 11) is 1.68. The number of nitrogens with one attached hydrogen (secondary N) is 1. The Morgan fingerprint density at radius 1 is 1.23 bits per heavy atom. The number of hydrogen-bond acceptors (Lipinski definition) is 5. The smallest absolute Gasteiger partial charge is 0.220 e. The van der Waals surface area contributed by atoms with Gasteiger partial charge >= 0.3 is 0 Å². The lowest BCUT2D eigenvalue weighted by Gasteiger charge is -2.21. The van der Waals surface area contributed by atoms with Gasteiger partial charge in [-0.25, -0.2) is 0 Å². The van der Waals surface area contributed by atoms with E-state index in [2.05, 4.69) is 16.3 Å². The largest absolute Gasteiger partial charge is 0.495 e. The topological polar surface area (TPSA) is 58.6 Å². The molecule has 2 heterocycles. The predicted molar refractivity (Wildman–Crippen MR) is 104 cm³/mol. The second-order valence-corrected chi connectivity index (χ2v) is 7.42. The summed E-state index contributed by atoms with van der Waals surface area (Å²) < 4.78 is 5.43. The third kappa shape index (κ3) is 4.64. The molecule has 138 valence electrons. The minimum atomic E-state index is -0.0503. The summed E-state index contributed by atoms with van der Waals surface area (Å²) in [5.74, 6) is 1.28. The highest BCUT2D eigenvalue weighted by molar-refractivity contribution is 7.12. The van der Waals surface area contributed by atoms with Crippen LogP contribution in [0.25, 0.3) is 0 Å². The van der Waals surface area contributed by atoms with Crippen LogP contribution in [0, 0.1) is 5.92 Å². The van der Waals surface area contributed by atoms with E-state index in [1.165, 1.54) is 11.3 Å². The average Bonchev–Trinajstić information content (AvgIpc) is 3.36. The first-order valence-corrected chi connectivity index (χ1v) is 9.76. The van der Waals surface area contributed by atoms with Gasteiger partial charge in [0.1, 0.15) is 5.75 Å². The molecule has 1 aliphatic heterocycles. The van der Waals surface area contributed by atoms with Gasteiger partial charge < -0.3 is 15.0 Å². The van der Waals surface area contributed by atoms with Crippen LogP contribution in [0.3, 0.4) is 0 Å². The van der Waals surface area contributed by atoms with Crippen molar-refractivity contribution in [2.75, 3.05) is 31.6 Å². The number of Topliss-reactive ketones (excluding diaryl/α,β-unsaturated/α-hetero) is 1. The molecule has 0 spiro atoms. The van der Waals surface area contributed by atoms with Gasteiger partial charge in [-0.1, -0.05) is 18.2 Å². The molecule has 1 atom stereocenters. The van der Waals surface area contributed by atoms with Gasteiger partial charge in [0, 0.05) is 32.5 Å². The quantitative estimate of drug-likeness (QED) is 0.722. The van der Waals surface area contributed by atoms with Gasteiger partial charge in [0.15, 0.2) is 5.78 Å². The van der Waals surface area contributed by atoms with Gasteiger partial charge in [-0.2, -0.15) is 0 Å². The number of ketones is 1. The van der Waals surface area contributed by atoms with Crippen molar-refractivity contribution < 1.29 is 14.3 Å². The molecule has 5 nitrogen and oxygen atoms in total. The molecule has 1 aromatic carbocycles. The van der Waals surface area contributed by atoms with E-state index in [1.54, 1.807) is 13.2 Å². The summed E-state index contributed by atoms with van der Waals surface area (Å²) in [5.41, 5.74) is 1.10. The Hall–Kier alpha value is -2.34. The van der Waals surface area contributed by atoms with Crippen molar-refractivity contribution in [1.82, 2.24) is 5.32 Å². The third-order valence-corrected chi connectivity index (χ3v) is 5.59. The molecule has 0 bridgehead atoms. The fourth-order valence-corrected chi connectivity index (χ4v) is 3.94. The fraction of sp³-hybridized carbons (Fsp3) is 0.400. The maximum Gasteiger partial charge on any atom is 0.220 e. The molecule has 2 aromatic rings. The minimum Gasteiger partial charge on any atom is -0.495 e. The fourth-order valence-electron chi connectivity index (χ4n) is 3.24. The van der Waals surface area contributed by atoms with E-state index < -0.39 is 0 Å². The molecule has 26 heavy (non-hydrogen) atoms. The molecule has 1 fully saturated rings. The maximum absolute atomic E-state index is 12.0. The number of para-hydroxylation sites is 2. The second-order valence-electron chi connectivity index (χ2n) is 6.48. The van der Waals surface area contributed by atoms with Crippen molar-refractivity contribution in [2.45, 2.75) is 19.3 Å². The number of thiophene rings is 1. The Morgan fingerprint density at radius 2 is 2.08 bits per heavy atom. The molecule has 1 N–H and O–H groups in total. The highest BCUT2D eigenvalue weighted by atomic mass is 32.1. The van der Waals surface area contributed by atoms with Crippen molar-refractivity contribution in [3.63, 3.8) is 0 Å². The molecular weight excluding hydrogens is 348 g/mol.